The van der Waals surface area contributed by atoms with Crippen LogP contribution in [0.25, 0.3) is 11.0 Å². The van der Waals surface area contributed by atoms with E-state index < -0.39 is 10.0 Å². The Morgan fingerprint density at radius 2 is 1.71 bits per heavy atom. The minimum atomic E-state index is -3.57. The van der Waals surface area contributed by atoms with Gasteiger partial charge in [-0.3, -0.25) is 4.79 Å². The number of ether oxygens (including phenoxy) is 2. The van der Waals surface area contributed by atoms with Gasteiger partial charge in [-0.05, 0) is 30.3 Å². The quantitative estimate of drug-likeness (QED) is 0.435. The second kappa shape index (κ2) is 10.4. The number of aryl methyl sites for hydroxylation is 2. The number of benzene rings is 2. The summed E-state index contributed by atoms with van der Waals surface area (Å²) in [6.07, 6.45) is 0.659. The molecule has 0 spiro atoms. The van der Waals surface area contributed by atoms with Crippen LogP contribution in [0.2, 0.25) is 0 Å². The molecule has 0 atom stereocenters. The number of carbonyl (C=O) groups excluding carboxylic acids is 1. The van der Waals surface area contributed by atoms with E-state index in [1.165, 1.54) is 4.31 Å². The van der Waals surface area contributed by atoms with Crippen LogP contribution in [0.5, 0.6) is 11.5 Å². The maximum Gasteiger partial charge on any atom is 0.243 e. The van der Waals surface area contributed by atoms with Gasteiger partial charge in [-0.15, -0.1) is 0 Å². The topological polar surface area (TPSA) is 94.0 Å². The molecule has 0 bridgehead atoms. The average molecular weight is 489 g/mol. The highest BCUT2D eigenvalue weighted by Gasteiger charge is 2.23. The van der Waals surface area contributed by atoms with Gasteiger partial charge in [0.15, 0.2) is 11.5 Å². The highest BCUT2D eigenvalue weighted by Crippen LogP contribution is 2.31. The van der Waals surface area contributed by atoms with Crippen molar-refractivity contribution in [3.63, 3.8) is 0 Å². The van der Waals surface area contributed by atoms with Gasteiger partial charge in [0.2, 0.25) is 15.9 Å². The molecule has 0 saturated heterocycles. The molecule has 1 heterocycles. The van der Waals surface area contributed by atoms with Gasteiger partial charge < -0.3 is 18.9 Å². The van der Waals surface area contributed by atoms with Crippen LogP contribution in [-0.2, 0) is 28.3 Å². The molecule has 0 saturated carbocycles. The molecule has 0 aliphatic carbocycles. The first kappa shape index (κ1) is 25.5. The van der Waals surface area contributed by atoms with Gasteiger partial charge in [-0.25, -0.2) is 13.4 Å². The normalized spacial score (nSPS) is 11.7. The summed E-state index contributed by atoms with van der Waals surface area (Å²) in [4.78, 5) is 19.3. The molecule has 34 heavy (non-hydrogen) atoms. The average Bonchev–Trinajstić information content (AvgIpc) is 3.16. The fraction of sp³-hybridized carbons (Fsp3) is 0.417. The summed E-state index contributed by atoms with van der Waals surface area (Å²) in [5.41, 5.74) is 2.10. The Kier molecular flexibility index (Phi) is 7.83. The molecule has 0 radical (unpaired) electrons. The van der Waals surface area contributed by atoms with Crippen LogP contribution in [-0.4, -0.2) is 62.5 Å². The summed E-state index contributed by atoms with van der Waals surface area (Å²) < 4.78 is 39.6. The van der Waals surface area contributed by atoms with Gasteiger partial charge in [-0.1, -0.05) is 13.8 Å². The third kappa shape index (κ3) is 4.88. The van der Waals surface area contributed by atoms with Crippen LogP contribution in [0.3, 0.4) is 0 Å². The predicted octanol–water partition coefficient (Wildman–Crippen LogP) is 3.22. The molecule has 9 nitrogen and oxygen atoms in total. The first-order chi connectivity index (χ1) is 16.2. The van der Waals surface area contributed by atoms with E-state index in [-0.39, 0.29) is 17.2 Å². The zero-order chi connectivity index (χ0) is 25.0. The van der Waals surface area contributed by atoms with Crippen LogP contribution >= 0.6 is 0 Å². The van der Waals surface area contributed by atoms with E-state index in [2.05, 4.69) is 4.98 Å². The first-order valence-electron chi connectivity index (χ1n) is 11.1. The number of sulfonamides is 1. The summed E-state index contributed by atoms with van der Waals surface area (Å²) in [7, 11) is 3.12. The maximum atomic E-state index is 12.9. The van der Waals surface area contributed by atoms with Gasteiger partial charge in [0.1, 0.15) is 5.82 Å². The highest BCUT2D eigenvalue weighted by atomic mass is 32.2. The number of rotatable bonds is 10. The number of methoxy groups -OCH3 is 2. The van der Waals surface area contributed by atoms with Crippen LogP contribution < -0.4 is 14.4 Å². The minimum absolute atomic E-state index is 0.0796. The Morgan fingerprint density at radius 1 is 1.03 bits per heavy atom. The molecule has 0 aliphatic heterocycles. The number of hydrogen-bond acceptors (Lipinski definition) is 6. The van der Waals surface area contributed by atoms with Crippen molar-refractivity contribution in [2.24, 2.45) is 7.05 Å². The number of imidazole rings is 1. The number of fused-ring (bicyclic) bond motifs is 1. The van der Waals surface area contributed by atoms with Crippen LogP contribution in [0.1, 0.15) is 26.1 Å². The van der Waals surface area contributed by atoms with Crippen molar-refractivity contribution in [3.05, 3.63) is 42.2 Å². The summed E-state index contributed by atoms with van der Waals surface area (Å²) in [5, 5.41) is 0. The Morgan fingerprint density at radius 3 is 2.32 bits per heavy atom. The molecule has 1 amide bonds. The molecule has 184 valence electrons. The smallest absolute Gasteiger partial charge is 0.243 e. The number of amides is 1. The largest absolute Gasteiger partial charge is 0.493 e. The lowest BCUT2D eigenvalue weighted by atomic mass is 10.2. The van der Waals surface area contributed by atoms with Gasteiger partial charge in [0.05, 0.1) is 30.1 Å². The van der Waals surface area contributed by atoms with Crippen LogP contribution in [0.4, 0.5) is 5.69 Å². The standard InChI is InChI=1S/C24H32N4O5S/c1-7-28(8-2)34(30,31)18-10-11-20-19(16-18)25-23(27(20)4)13-14-24(29)26(3)17-9-12-21(32-5)22(15-17)33-6/h9-12,15-16H,7-8,13-14H2,1-6H3. The zero-order valence-electron chi connectivity index (χ0n) is 20.5. The van der Waals surface area contributed by atoms with Crippen LogP contribution in [0, 0.1) is 0 Å². The summed E-state index contributed by atoms with van der Waals surface area (Å²) in [5.74, 6) is 1.77. The number of nitrogens with zero attached hydrogens (tertiary/aromatic N) is 4. The molecule has 3 aromatic rings. The first-order valence-corrected chi connectivity index (χ1v) is 12.6. The molecular weight excluding hydrogens is 456 g/mol. The zero-order valence-corrected chi connectivity index (χ0v) is 21.3. The molecule has 0 unspecified atom stereocenters. The fourth-order valence-electron chi connectivity index (χ4n) is 3.89. The number of anilines is 1. The lowest BCUT2D eigenvalue weighted by Crippen LogP contribution is -2.30. The fourth-order valence-corrected chi connectivity index (χ4v) is 5.37. The van der Waals surface area contributed by atoms with Crippen molar-refractivity contribution < 1.29 is 22.7 Å². The summed E-state index contributed by atoms with van der Waals surface area (Å²) in [6.45, 7) is 4.43. The molecular formula is C24H32N4O5S. The van der Waals surface area contributed by atoms with E-state index in [4.69, 9.17) is 9.47 Å². The monoisotopic (exact) mass is 488 g/mol. The van der Waals surface area contributed by atoms with Crippen molar-refractivity contribution in [3.8, 4) is 11.5 Å². The summed E-state index contributed by atoms with van der Waals surface area (Å²) in [6, 6.07) is 10.3. The second-order valence-corrected chi connectivity index (χ2v) is 9.76. The minimum Gasteiger partial charge on any atom is -0.493 e. The lowest BCUT2D eigenvalue weighted by Gasteiger charge is -2.19. The predicted molar refractivity (Wildman–Crippen MR) is 132 cm³/mol. The molecule has 2 aromatic carbocycles. The van der Waals surface area contributed by atoms with Gasteiger partial charge in [0, 0.05) is 51.8 Å². The van der Waals surface area contributed by atoms with E-state index in [1.807, 2.05) is 25.5 Å². The third-order valence-corrected chi connectivity index (χ3v) is 8.02. The Hall–Kier alpha value is -3.11. The number of hydrogen-bond donors (Lipinski definition) is 0. The van der Waals surface area contributed by atoms with E-state index in [0.29, 0.717) is 48.0 Å². The SMILES string of the molecule is CCN(CC)S(=O)(=O)c1ccc2c(c1)nc(CCC(=O)N(C)c1ccc(OC)c(OC)c1)n2C. The van der Waals surface area contributed by atoms with E-state index in [1.54, 1.807) is 62.6 Å². The number of carbonyl (C=O) groups is 1. The third-order valence-electron chi connectivity index (χ3n) is 5.98. The summed E-state index contributed by atoms with van der Waals surface area (Å²) >= 11 is 0. The van der Waals surface area contributed by atoms with E-state index in [9.17, 15) is 13.2 Å². The lowest BCUT2D eigenvalue weighted by molar-refractivity contribution is -0.118. The molecule has 10 heteroatoms. The Balaban J connectivity index is 1.79. The van der Waals surface area contributed by atoms with Gasteiger partial charge >= 0.3 is 0 Å². The van der Waals surface area contributed by atoms with Crippen molar-refractivity contribution in [2.75, 3.05) is 39.3 Å². The maximum absolute atomic E-state index is 12.9. The van der Waals surface area contributed by atoms with Gasteiger partial charge in [0.25, 0.3) is 0 Å². The number of aromatic nitrogens is 2. The Labute approximate surface area is 200 Å². The molecule has 1 aromatic heterocycles. The van der Waals surface area contributed by atoms with Crippen molar-refractivity contribution in [1.82, 2.24) is 13.9 Å². The molecule has 0 fully saturated rings. The van der Waals surface area contributed by atoms with Crippen molar-refractivity contribution in [2.45, 2.75) is 31.6 Å². The Bertz CT molecular complexity index is 1280. The molecule has 3 rings (SSSR count). The molecule has 0 aliphatic rings. The van der Waals surface area contributed by atoms with Crippen LogP contribution in [0.15, 0.2) is 41.3 Å². The van der Waals surface area contributed by atoms with E-state index >= 15 is 0 Å². The highest BCUT2D eigenvalue weighted by molar-refractivity contribution is 7.89. The van der Waals surface area contributed by atoms with Crippen molar-refractivity contribution >= 4 is 32.7 Å². The van der Waals surface area contributed by atoms with Gasteiger partial charge in [-0.2, -0.15) is 4.31 Å². The molecule has 0 N–H and O–H groups in total. The van der Waals surface area contributed by atoms with E-state index in [0.717, 1.165) is 5.52 Å². The van der Waals surface area contributed by atoms with Crippen molar-refractivity contribution in [1.29, 1.82) is 0 Å². The second-order valence-electron chi connectivity index (χ2n) is 7.82.